The topological polar surface area (TPSA) is 43.1 Å². The van der Waals surface area contributed by atoms with Gasteiger partial charge in [0.25, 0.3) is 0 Å². The van der Waals surface area contributed by atoms with E-state index in [2.05, 4.69) is 41.4 Å². The number of halogens is 1. The molecule has 4 nitrogen and oxygen atoms in total. The third-order valence-electron chi connectivity index (χ3n) is 3.59. The van der Waals surface area contributed by atoms with Crippen molar-refractivity contribution in [3.8, 4) is 11.4 Å². The molecule has 0 radical (unpaired) electrons. The van der Waals surface area contributed by atoms with Gasteiger partial charge in [-0.2, -0.15) is 9.78 Å². The number of hydrogen-bond donors (Lipinski definition) is 0. The lowest BCUT2D eigenvalue weighted by Crippen LogP contribution is -2.13. The minimum absolute atomic E-state index is 0. The Morgan fingerprint density at radius 1 is 0.913 bits per heavy atom. The molecule has 0 aliphatic carbocycles. The predicted octanol–water partition coefficient (Wildman–Crippen LogP) is 4.19. The van der Waals surface area contributed by atoms with Crippen LogP contribution in [0.5, 0.6) is 0 Å². The molecule has 0 N–H and O–H groups in total. The van der Waals surface area contributed by atoms with Gasteiger partial charge in [0.1, 0.15) is 0 Å². The quantitative estimate of drug-likeness (QED) is 0.662. The van der Waals surface area contributed by atoms with Crippen LogP contribution in [0.4, 0.5) is 0 Å². The lowest BCUT2D eigenvalue weighted by molar-refractivity contribution is 0.762. The second-order valence-corrected chi connectivity index (χ2v) is 6.13. The summed E-state index contributed by atoms with van der Waals surface area (Å²) in [5, 5.41) is 14.2. The maximum absolute atomic E-state index is 4.77. The van der Waals surface area contributed by atoms with Gasteiger partial charge in [0.05, 0.1) is 5.71 Å². The molecule has 0 spiro atoms. The van der Waals surface area contributed by atoms with Crippen LogP contribution in [0.3, 0.4) is 0 Å². The molecule has 23 heavy (non-hydrogen) atoms. The molecule has 2 heterocycles. The summed E-state index contributed by atoms with van der Waals surface area (Å²) in [7, 11) is 0. The fourth-order valence-corrected chi connectivity index (χ4v) is 3.22. The van der Waals surface area contributed by atoms with Gasteiger partial charge < -0.3 is 0 Å². The van der Waals surface area contributed by atoms with Crippen molar-refractivity contribution in [3.63, 3.8) is 0 Å². The van der Waals surface area contributed by atoms with Crippen molar-refractivity contribution >= 4 is 34.5 Å². The Balaban J connectivity index is 0.00000156. The van der Waals surface area contributed by atoms with Crippen LogP contribution in [0, 0.1) is 6.92 Å². The van der Waals surface area contributed by atoms with Crippen molar-refractivity contribution in [2.75, 3.05) is 5.75 Å². The zero-order valence-corrected chi connectivity index (χ0v) is 15.0. The molecule has 116 valence electrons. The molecule has 0 fully saturated rings. The molecular weight excluding hydrogens is 372 g/mol. The van der Waals surface area contributed by atoms with Gasteiger partial charge in [0, 0.05) is 11.3 Å². The highest BCUT2D eigenvalue weighted by molar-refractivity contribution is 8.93. The monoisotopic (exact) mass is 386 g/mol. The van der Waals surface area contributed by atoms with E-state index in [9.17, 15) is 0 Å². The first kappa shape index (κ1) is 16.0. The van der Waals surface area contributed by atoms with Crippen LogP contribution < -0.4 is 0 Å². The summed E-state index contributed by atoms with van der Waals surface area (Å²) >= 11 is 1.67. The Morgan fingerprint density at radius 3 is 2.39 bits per heavy atom. The van der Waals surface area contributed by atoms with E-state index in [4.69, 9.17) is 5.10 Å². The number of hydrogen-bond acceptors (Lipinski definition) is 4. The summed E-state index contributed by atoms with van der Waals surface area (Å²) in [4.78, 5) is 0. The summed E-state index contributed by atoms with van der Waals surface area (Å²) in [6, 6.07) is 18.5. The Morgan fingerprint density at radius 2 is 1.65 bits per heavy atom. The van der Waals surface area contributed by atoms with E-state index in [-0.39, 0.29) is 17.0 Å². The van der Waals surface area contributed by atoms with Crippen molar-refractivity contribution in [2.24, 2.45) is 5.10 Å². The van der Waals surface area contributed by atoms with Crippen LogP contribution in [0.15, 0.2) is 64.9 Å². The van der Waals surface area contributed by atoms with Gasteiger partial charge in [-0.3, -0.25) is 0 Å². The number of aromatic nitrogens is 3. The molecule has 0 saturated heterocycles. The van der Waals surface area contributed by atoms with E-state index in [1.54, 1.807) is 11.8 Å². The lowest BCUT2D eigenvalue weighted by atomic mass is 10.1. The molecule has 0 bridgehead atoms. The molecule has 0 unspecified atom stereocenters. The molecule has 3 aromatic rings. The van der Waals surface area contributed by atoms with Crippen LogP contribution in [-0.2, 0) is 0 Å². The van der Waals surface area contributed by atoms with E-state index in [1.165, 1.54) is 5.56 Å². The number of aryl methyl sites for hydroxylation is 1. The highest BCUT2D eigenvalue weighted by Gasteiger charge is 2.20. The first-order valence-corrected chi connectivity index (χ1v) is 8.08. The second kappa shape index (κ2) is 6.68. The van der Waals surface area contributed by atoms with E-state index in [0.29, 0.717) is 0 Å². The van der Waals surface area contributed by atoms with Crippen molar-refractivity contribution in [1.82, 2.24) is 14.9 Å². The van der Waals surface area contributed by atoms with Gasteiger partial charge >= 0.3 is 0 Å². The number of benzene rings is 2. The van der Waals surface area contributed by atoms with Crippen LogP contribution >= 0.6 is 28.7 Å². The summed E-state index contributed by atoms with van der Waals surface area (Å²) in [6.07, 6.45) is 0. The first-order chi connectivity index (χ1) is 10.8. The van der Waals surface area contributed by atoms with Gasteiger partial charge in [0.2, 0.25) is 5.16 Å². The largest absolute Gasteiger partial charge is 0.212 e. The number of nitrogens with zero attached hydrogens (tertiary/aromatic N) is 4. The minimum Gasteiger partial charge on any atom is -0.187 e. The highest BCUT2D eigenvalue weighted by Crippen LogP contribution is 2.28. The van der Waals surface area contributed by atoms with Crippen LogP contribution in [0.25, 0.3) is 11.4 Å². The molecular formula is C17H15BrN4S. The van der Waals surface area contributed by atoms with Crippen LogP contribution in [0.2, 0.25) is 0 Å². The third-order valence-corrected chi connectivity index (χ3v) is 4.52. The van der Waals surface area contributed by atoms with Crippen molar-refractivity contribution < 1.29 is 0 Å². The van der Waals surface area contributed by atoms with Crippen molar-refractivity contribution in [2.45, 2.75) is 12.1 Å². The molecule has 6 heteroatoms. The Labute approximate surface area is 149 Å². The molecule has 1 aliphatic rings. The maximum atomic E-state index is 4.77. The fraction of sp³-hybridized carbons (Fsp3) is 0.118. The summed E-state index contributed by atoms with van der Waals surface area (Å²) < 4.78 is 1.85. The highest BCUT2D eigenvalue weighted by atomic mass is 79.9. The SMILES string of the molecule is Br.Cc1ccc(C2=Nn3c(nnc3-c3ccccc3)SC2)cc1. The first-order valence-electron chi connectivity index (χ1n) is 7.10. The predicted molar refractivity (Wildman–Crippen MR) is 99.6 cm³/mol. The number of fused-ring (bicyclic) bond motifs is 1. The van der Waals surface area contributed by atoms with Crippen molar-refractivity contribution in [3.05, 3.63) is 65.7 Å². The Kier molecular flexibility index (Phi) is 4.63. The zero-order chi connectivity index (χ0) is 14.9. The maximum Gasteiger partial charge on any atom is 0.212 e. The normalized spacial score (nSPS) is 13.0. The minimum atomic E-state index is 0. The van der Waals surface area contributed by atoms with Crippen LogP contribution in [0.1, 0.15) is 11.1 Å². The van der Waals surface area contributed by atoms with E-state index in [0.717, 1.165) is 33.6 Å². The molecule has 2 aromatic carbocycles. The molecule has 0 saturated carbocycles. The van der Waals surface area contributed by atoms with Gasteiger partial charge in [0.15, 0.2) is 5.82 Å². The summed E-state index contributed by atoms with van der Waals surface area (Å²) in [6.45, 7) is 2.09. The molecule has 1 aliphatic heterocycles. The average Bonchev–Trinajstić information content (AvgIpc) is 2.99. The van der Waals surface area contributed by atoms with Gasteiger partial charge in [-0.25, -0.2) is 0 Å². The summed E-state index contributed by atoms with van der Waals surface area (Å²) in [5.74, 6) is 1.60. The van der Waals surface area contributed by atoms with Crippen LogP contribution in [-0.4, -0.2) is 26.3 Å². The Bertz CT molecular complexity index is 841. The van der Waals surface area contributed by atoms with Gasteiger partial charge in [-0.1, -0.05) is 71.9 Å². The smallest absolute Gasteiger partial charge is 0.187 e. The lowest BCUT2D eigenvalue weighted by Gasteiger charge is -2.14. The van der Waals surface area contributed by atoms with Gasteiger partial charge in [-0.15, -0.1) is 27.2 Å². The molecule has 4 rings (SSSR count). The molecule has 1 aromatic heterocycles. The van der Waals surface area contributed by atoms with E-state index in [1.807, 2.05) is 35.0 Å². The second-order valence-electron chi connectivity index (χ2n) is 5.19. The Hall–Kier alpha value is -1.92. The standard InChI is InChI=1S/C17H14N4S.BrH/c1-12-7-9-13(10-8-12)15-11-22-17-19-18-16(21(17)20-15)14-5-3-2-4-6-14;/h2-10H,11H2,1H3;1H. The number of rotatable bonds is 2. The fourth-order valence-electron chi connectivity index (χ4n) is 2.38. The van der Waals surface area contributed by atoms with E-state index >= 15 is 0 Å². The zero-order valence-electron chi connectivity index (χ0n) is 12.5. The third kappa shape index (κ3) is 3.09. The number of thioether (sulfide) groups is 1. The molecule has 0 amide bonds. The van der Waals surface area contributed by atoms with E-state index < -0.39 is 0 Å². The van der Waals surface area contributed by atoms with Crippen molar-refractivity contribution in [1.29, 1.82) is 0 Å². The average molecular weight is 387 g/mol. The molecule has 0 atom stereocenters. The summed E-state index contributed by atoms with van der Waals surface area (Å²) in [5.41, 5.74) is 4.48. The van der Waals surface area contributed by atoms with Gasteiger partial charge in [-0.05, 0) is 12.5 Å².